The van der Waals surface area contributed by atoms with Gasteiger partial charge in [-0.15, -0.1) is 12.1 Å². The van der Waals surface area contributed by atoms with E-state index in [4.69, 9.17) is 4.74 Å². The normalized spacial score (nSPS) is 8.07. The minimum absolute atomic E-state index is 0. The van der Waals surface area contributed by atoms with Crippen LogP contribution in [0.4, 0.5) is 0 Å². The minimum atomic E-state index is -0.277. The fourth-order valence-electron chi connectivity index (χ4n) is 0.911. The molecule has 0 aliphatic carbocycles. The van der Waals surface area contributed by atoms with E-state index < -0.39 is 0 Å². The third-order valence-corrected chi connectivity index (χ3v) is 1.45. The van der Waals surface area contributed by atoms with Crippen LogP contribution in [0.25, 0.3) is 0 Å². The average Bonchev–Trinajstić information content (AvgIpc) is 2.75. The predicted octanol–water partition coefficient (Wildman–Crippen LogP) is 2.73. The zero-order chi connectivity index (χ0) is 10.2. The van der Waals surface area contributed by atoms with E-state index in [-0.39, 0.29) is 25.4 Å². The first-order chi connectivity index (χ1) is 6.79. The molecule has 0 radical (unpaired) electrons. The van der Waals surface area contributed by atoms with Gasteiger partial charge in [-0.3, -0.25) is 0 Å². The quantitative estimate of drug-likeness (QED) is 0.458. The standard InChI is InChI=1S/C7H7O2.C5H5.Ru/c1-6(8)9-7-4-2-3-5-7;1-2-4-5-3-1;/h2-5H,1H3;1-5H;/q2*-1;+2. The van der Waals surface area contributed by atoms with Gasteiger partial charge in [0.2, 0.25) is 5.97 Å². The fourth-order valence-corrected chi connectivity index (χ4v) is 0.911. The van der Waals surface area contributed by atoms with Gasteiger partial charge in [0.25, 0.3) is 0 Å². The van der Waals surface area contributed by atoms with E-state index >= 15 is 0 Å². The fraction of sp³-hybridized carbons (Fsp3) is 0.0833. The maximum Gasteiger partial charge on any atom is 2.00 e. The van der Waals surface area contributed by atoms with Crippen LogP contribution in [0.5, 0.6) is 5.75 Å². The summed E-state index contributed by atoms with van der Waals surface area (Å²) in [5.74, 6) is 0.337. The number of carbonyl (C=O) groups is 1. The van der Waals surface area contributed by atoms with Crippen molar-refractivity contribution in [2.45, 2.75) is 6.92 Å². The molecule has 0 aliphatic rings. The van der Waals surface area contributed by atoms with Crippen LogP contribution < -0.4 is 4.74 Å². The van der Waals surface area contributed by atoms with Crippen LogP contribution in [0, 0.1) is 0 Å². The molecule has 2 rings (SSSR count). The van der Waals surface area contributed by atoms with Crippen molar-refractivity contribution in [2.24, 2.45) is 0 Å². The molecule has 15 heavy (non-hydrogen) atoms. The molecular weight excluding hydrogens is 277 g/mol. The summed E-state index contributed by atoms with van der Waals surface area (Å²) in [7, 11) is 0. The van der Waals surface area contributed by atoms with E-state index in [0.717, 1.165) is 0 Å². The van der Waals surface area contributed by atoms with Gasteiger partial charge in [-0.1, -0.05) is 0 Å². The summed E-state index contributed by atoms with van der Waals surface area (Å²) in [4.78, 5) is 10.3. The average molecular weight is 289 g/mol. The number of ether oxygens (including phenoxy) is 1. The van der Waals surface area contributed by atoms with Crippen LogP contribution in [-0.4, -0.2) is 5.97 Å². The maximum atomic E-state index is 10.3. The molecule has 0 spiro atoms. The molecule has 2 aromatic carbocycles. The summed E-state index contributed by atoms with van der Waals surface area (Å²) in [6.07, 6.45) is 0. The van der Waals surface area contributed by atoms with Crippen LogP contribution in [0.3, 0.4) is 0 Å². The molecule has 0 saturated carbocycles. The molecule has 0 bridgehead atoms. The van der Waals surface area contributed by atoms with Crippen LogP contribution in [0.1, 0.15) is 6.92 Å². The van der Waals surface area contributed by atoms with Crippen molar-refractivity contribution in [3.63, 3.8) is 0 Å². The topological polar surface area (TPSA) is 26.3 Å². The van der Waals surface area contributed by atoms with Gasteiger partial charge in [0, 0.05) is 5.75 Å². The zero-order valence-corrected chi connectivity index (χ0v) is 10.1. The van der Waals surface area contributed by atoms with Crippen molar-refractivity contribution in [1.82, 2.24) is 0 Å². The molecule has 0 fully saturated rings. The Labute approximate surface area is 102 Å². The van der Waals surface area contributed by atoms with Crippen molar-refractivity contribution in [2.75, 3.05) is 0 Å². The first-order valence-corrected chi connectivity index (χ1v) is 4.36. The number of rotatable bonds is 1. The maximum absolute atomic E-state index is 10.3. The number of hydrogen-bond acceptors (Lipinski definition) is 2. The SMILES string of the molecule is CC(=O)O[c-]1cccc1.[Ru+2].c1cc[cH-]c1. The van der Waals surface area contributed by atoms with Gasteiger partial charge in [0.15, 0.2) is 0 Å². The first-order valence-electron chi connectivity index (χ1n) is 4.36. The van der Waals surface area contributed by atoms with Gasteiger partial charge in [0.05, 0.1) is 0 Å². The van der Waals surface area contributed by atoms with Crippen molar-refractivity contribution in [3.8, 4) is 5.75 Å². The second-order valence-corrected chi connectivity index (χ2v) is 2.68. The molecule has 0 heterocycles. The molecule has 2 nitrogen and oxygen atoms in total. The Kier molecular flexibility index (Phi) is 7.48. The van der Waals surface area contributed by atoms with Crippen LogP contribution in [0.2, 0.25) is 0 Å². The molecule has 0 atom stereocenters. The van der Waals surface area contributed by atoms with E-state index in [9.17, 15) is 4.79 Å². The molecule has 0 aliphatic heterocycles. The third kappa shape index (κ3) is 6.81. The Bertz CT molecular complexity index is 318. The zero-order valence-electron chi connectivity index (χ0n) is 8.37. The van der Waals surface area contributed by atoms with Crippen molar-refractivity contribution >= 4 is 5.97 Å². The number of esters is 1. The molecule has 0 unspecified atom stereocenters. The van der Waals surface area contributed by atoms with Gasteiger partial charge in [-0.2, -0.15) is 30.3 Å². The summed E-state index contributed by atoms with van der Waals surface area (Å²) in [5.41, 5.74) is 0. The molecular formula is C12H12O2Ru. The minimum Gasteiger partial charge on any atom is -0.518 e. The monoisotopic (exact) mass is 290 g/mol. The Morgan fingerprint density at radius 3 is 2.00 bits per heavy atom. The van der Waals surface area contributed by atoms with E-state index in [1.807, 2.05) is 42.5 Å². The first kappa shape index (κ1) is 13.8. The second kappa shape index (κ2) is 8.13. The van der Waals surface area contributed by atoms with Gasteiger partial charge < -0.3 is 9.53 Å². The Hall–Kier alpha value is -1.21. The summed E-state index contributed by atoms with van der Waals surface area (Å²) >= 11 is 0. The number of hydrogen-bond donors (Lipinski definition) is 0. The van der Waals surface area contributed by atoms with E-state index in [2.05, 4.69) is 0 Å². The summed E-state index contributed by atoms with van der Waals surface area (Å²) < 4.78 is 4.72. The third-order valence-electron chi connectivity index (χ3n) is 1.45. The summed E-state index contributed by atoms with van der Waals surface area (Å²) in [6, 6.07) is 17.1. The smallest absolute Gasteiger partial charge is 0.518 e. The van der Waals surface area contributed by atoms with Gasteiger partial charge in [0.1, 0.15) is 0 Å². The van der Waals surface area contributed by atoms with Crippen molar-refractivity contribution in [3.05, 3.63) is 54.6 Å². The van der Waals surface area contributed by atoms with Crippen molar-refractivity contribution < 1.29 is 29.0 Å². The molecule has 0 amide bonds. The Balaban J connectivity index is 0.000000280. The van der Waals surface area contributed by atoms with Gasteiger partial charge >= 0.3 is 19.5 Å². The summed E-state index contributed by atoms with van der Waals surface area (Å²) in [5, 5.41) is 0. The van der Waals surface area contributed by atoms with Gasteiger partial charge in [-0.25, -0.2) is 12.1 Å². The molecule has 80 valence electrons. The predicted molar refractivity (Wildman–Crippen MR) is 55.4 cm³/mol. The Morgan fingerprint density at radius 2 is 1.67 bits per heavy atom. The van der Waals surface area contributed by atoms with Crippen LogP contribution >= 0.6 is 0 Å². The van der Waals surface area contributed by atoms with E-state index in [1.165, 1.54) is 6.92 Å². The molecule has 0 aromatic heterocycles. The van der Waals surface area contributed by atoms with Crippen LogP contribution in [-0.2, 0) is 24.3 Å². The van der Waals surface area contributed by atoms with E-state index in [0.29, 0.717) is 5.75 Å². The molecule has 0 N–H and O–H groups in total. The molecule has 3 heteroatoms. The van der Waals surface area contributed by atoms with Crippen molar-refractivity contribution in [1.29, 1.82) is 0 Å². The second-order valence-electron chi connectivity index (χ2n) is 2.68. The van der Waals surface area contributed by atoms with Crippen LogP contribution in [0.15, 0.2) is 54.6 Å². The van der Waals surface area contributed by atoms with Gasteiger partial charge in [-0.05, 0) is 6.92 Å². The molecule has 0 saturated heterocycles. The van der Waals surface area contributed by atoms with E-state index in [1.54, 1.807) is 12.1 Å². The summed E-state index contributed by atoms with van der Waals surface area (Å²) in [6.45, 7) is 1.38. The number of carbonyl (C=O) groups excluding carboxylic acids is 1. The Morgan fingerprint density at radius 1 is 1.13 bits per heavy atom. The largest absolute Gasteiger partial charge is 2.00 e. The molecule has 2 aromatic rings.